The van der Waals surface area contributed by atoms with Crippen LogP contribution in [0.25, 0.3) is 0 Å². The molecule has 1 heterocycles. The number of hydrogen-bond acceptors (Lipinski definition) is 3. The second kappa shape index (κ2) is 3.88. The zero-order valence-corrected chi connectivity index (χ0v) is 8.63. The average molecular weight is 207 g/mol. The number of aromatic nitrogens is 1. The van der Waals surface area contributed by atoms with Gasteiger partial charge in [0.2, 0.25) is 0 Å². The molecule has 0 aromatic carbocycles. The van der Waals surface area contributed by atoms with E-state index in [-0.39, 0.29) is 11.8 Å². The molecule has 0 spiro atoms. The molecule has 4 heteroatoms. The third-order valence-electron chi connectivity index (χ3n) is 2.75. The quantitative estimate of drug-likeness (QED) is 0.563. The maximum absolute atomic E-state index is 11.6. The van der Waals surface area contributed by atoms with E-state index < -0.39 is 0 Å². The number of nitrogens with one attached hydrogen (secondary N) is 1. The van der Waals surface area contributed by atoms with Crippen molar-refractivity contribution < 1.29 is 14.3 Å². The van der Waals surface area contributed by atoms with Crippen LogP contribution in [-0.4, -0.2) is 23.8 Å². The summed E-state index contributed by atoms with van der Waals surface area (Å²) in [6.07, 6.45) is 4.74. The molecule has 0 atom stereocenters. The highest BCUT2D eigenvalue weighted by Gasteiger charge is 2.23. The molecule has 0 aliphatic heterocycles. The van der Waals surface area contributed by atoms with Crippen molar-refractivity contribution in [3.8, 4) is 0 Å². The standard InChI is InChI=1S/C11H13NO3/c1-15-11(14)8-6-12-10-7(8)4-2-3-5-9(10)13/h6,12H,2-5H2,1H3. The van der Waals surface area contributed by atoms with Crippen LogP contribution in [0.5, 0.6) is 0 Å². The second-order valence-electron chi connectivity index (χ2n) is 3.68. The summed E-state index contributed by atoms with van der Waals surface area (Å²) in [4.78, 5) is 25.9. The molecular weight excluding hydrogens is 194 g/mol. The number of hydrogen-bond donors (Lipinski definition) is 1. The predicted octanol–water partition coefficient (Wildman–Crippen LogP) is 1.71. The lowest BCUT2D eigenvalue weighted by atomic mass is 10.1. The summed E-state index contributed by atoms with van der Waals surface area (Å²) in [5.74, 6) is -0.278. The van der Waals surface area contributed by atoms with Gasteiger partial charge in [-0.25, -0.2) is 4.79 Å². The van der Waals surface area contributed by atoms with E-state index >= 15 is 0 Å². The number of Topliss-reactive ketones (excluding diaryl/α,β-unsaturated/α-hetero) is 1. The highest BCUT2D eigenvalue weighted by atomic mass is 16.5. The Hall–Kier alpha value is -1.58. The van der Waals surface area contributed by atoms with Crippen molar-refractivity contribution in [2.75, 3.05) is 7.11 Å². The molecule has 0 saturated carbocycles. The van der Waals surface area contributed by atoms with Crippen LogP contribution in [0.3, 0.4) is 0 Å². The first-order valence-electron chi connectivity index (χ1n) is 5.06. The molecule has 1 aromatic heterocycles. The number of carbonyl (C=O) groups excluding carboxylic acids is 2. The van der Waals surface area contributed by atoms with Gasteiger partial charge in [-0.15, -0.1) is 0 Å². The van der Waals surface area contributed by atoms with Gasteiger partial charge in [0, 0.05) is 12.6 Å². The molecule has 1 aromatic rings. The molecule has 0 radical (unpaired) electrons. The maximum atomic E-state index is 11.6. The second-order valence-corrected chi connectivity index (χ2v) is 3.68. The minimum absolute atomic E-state index is 0.0950. The Labute approximate surface area is 87.6 Å². The van der Waals surface area contributed by atoms with Crippen molar-refractivity contribution in [3.05, 3.63) is 23.0 Å². The smallest absolute Gasteiger partial charge is 0.339 e. The van der Waals surface area contributed by atoms with Gasteiger partial charge in [-0.2, -0.15) is 0 Å². The van der Waals surface area contributed by atoms with Gasteiger partial charge in [-0.1, -0.05) is 0 Å². The SMILES string of the molecule is COC(=O)c1c[nH]c2c1CCCCC2=O. The monoisotopic (exact) mass is 207 g/mol. The van der Waals surface area contributed by atoms with Crippen LogP contribution < -0.4 is 0 Å². The van der Waals surface area contributed by atoms with Crippen molar-refractivity contribution in [2.24, 2.45) is 0 Å². The van der Waals surface area contributed by atoms with Gasteiger partial charge in [0.25, 0.3) is 0 Å². The zero-order chi connectivity index (χ0) is 10.8. The van der Waals surface area contributed by atoms with Crippen LogP contribution in [-0.2, 0) is 11.2 Å². The van der Waals surface area contributed by atoms with E-state index in [2.05, 4.69) is 9.72 Å². The number of methoxy groups -OCH3 is 1. The normalized spacial score (nSPS) is 15.7. The summed E-state index contributed by atoms with van der Waals surface area (Å²) in [6.45, 7) is 0. The van der Waals surface area contributed by atoms with Crippen LogP contribution >= 0.6 is 0 Å². The van der Waals surface area contributed by atoms with Gasteiger partial charge in [-0.3, -0.25) is 4.79 Å². The lowest BCUT2D eigenvalue weighted by Gasteiger charge is -2.00. The Morgan fingerprint density at radius 3 is 2.87 bits per heavy atom. The third-order valence-corrected chi connectivity index (χ3v) is 2.75. The number of ketones is 1. The molecule has 4 nitrogen and oxygen atoms in total. The Kier molecular flexibility index (Phi) is 2.58. The summed E-state index contributed by atoms with van der Waals surface area (Å²) < 4.78 is 4.67. The first-order valence-corrected chi connectivity index (χ1v) is 5.06. The first-order chi connectivity index (χ1) is 7.24. The lowest BCUT2D eigenvalue weighted by Crippen LogP contribution is -2.05. The summed E-state index contributed by atoms with van der Waals surface area (Å²) in [6, 6.07) is 0. The number of rotatable bonds is 1. The van der Waals surface area contributed by atoms with Crippen molar-refractivity contribution in [2.45, 2.75) is 25.7 Å². The van der Waals surface area contributed by atoms with Gasteiger partial charge in [0.15, 0.2) is 5.78 Å². The first kappa shape index (κ1) is 9.96. The predicted molar refractivity (Wildman–Crippen MR) is 54.0 cm³/mol. The van der Waals surface area contributed by atoms with Crippen molar-refractivity contribution in [1.82, 2.24) is 4.98 Å². The number of fused-ring (bicyclic) bond motifs is 1. The van der Waals surface area contributed by atoms with E-state index in [0.29, 0.717) is 17.7 Å². The minimum Gasteiger partial charge on any atom is -0.465 e. The molecule has 2 rings (SSSR count). The van der Waals surface area contributed by atoms with Crippen molar-refractivity contribution in [3.63, 3.8) is 0 Å². The van der Waals surface area contributed by atoms with Gasteiger partial charge in [-0.05, 0) is 24.8 Å². The summed E-state index contributed by atoms with van der Waals surface area (Å²) in [5, 5.41) is 0. The molecule has 0 amide bonds. The average Bonchev–Trinajstić information content (AvgIpc) is 2.58. The summed E-state index contributed by atoms with van der Waals surface area (Å²) in [5.41, 5.74) is 1.92. The van der Waals surface area contributed by atoms with Crippen LogP contribution in [0.4, 0.5) is 0 Å². The summed E-state index contributed by atoms with van der Waals surface area (Å²) >= 11 is 0. The van der Waals surface area contributed by atoms with E-state index in [4.69, 9.17) is 0 Å². The molecule has 1 N–H and O–H groups in total. The lowest BCUT2D eigenvalue weighted by molar-refractivity contribution is 0.0599. The van der Waals surface area contributed by atoms with Gasteiger partial charge in [0.05, 0.1) is 18.4 Å². The van der Waals surface area contributed by atoms with Crippen LogP contribution in [0, 0.1) is 0 Å². The Morgan fingerprint density at radius 1 is 1.40 bits per heavy atom. The number of carbonyl (C=O) groups is 2. The van der Waals surface area contributed by atoms with E-state index in [1.54, 1.807) is 6.20 Å². The van der Waals surface area contributed by atoms with Crippen LogP contribution in [0.1, 0.15) is 45.7 Å². The molecule has 1 aliphatic carbocycles. The molecule has 0 saturated heterocycles. The number of ether oxygens (including phenoxy) is 1. The van der Waals surface area contributed by atoms with Crippen LogP contribution in [0.2, 0.25) is 0 Å². The fourth-order valence-corrected chi connectivity index (χ4v) is 1.97. The molecule has 1 aliphatic rings. The fourth-order valence-electron chi connectivity index (χ4n) is 1.97. The Bertz CT molecular complexity index is 406. The van der Waals surface area contributed by atoms with E-state index in [9.17, 15) is 9.59 Å². The molecule has 0 unspecified atom stereocenters. The minimum atomic E-state index is -0.373. The number of esters is 1. The van der Waals surface area contributed by atoms with Gasteiger partial charge >= 0.3 is 5.97 Å². The fraction of sp³-hybridized carbons (Fsp3) is 0.455. The van der Waals surface area contributed by atoms with Gasteiger partial charge < -0.3 is 9.72 Å². The largest absolute Gasteiger partial charge is 0.465 e. The molecule has 0 bridgehead atoms. The molecular formula is C11H13NO3. The molecule has 15 heavy (non-hydrogen) atoms. The topological polar surface area (TPSA) is 59.2 Å². The Morgan fingerprint density at radius 2 is 2.13 bits per heavy atom. The highest BCUT2D eigenvalue weighted by Crippen LogP contribution is 2.23. The Balaban J connectivity index is 2.44. The third kappa shape index (κ3) is 1.67. The molecule has 80 valence electrons. The highest BCUT2D eigenvalue weighted by molar-refractivity contribution is 6.01. The number of aromatic amines is 1. The summed E-state index contributed by atoms with van der Waals surface area (Å²) in [7, 11) is 1.35. The van der Waals surface area contributed by atoms with Crippen LogP contribution in [0.15, 0.2) is 6.20 Å². The van der Waals surface area contributed by atoms with E-state index in [1.807, 2.05) is 0 Å². The van der Waals surface area contributed by atoms with E-state index in [0.717, 1.165) is 24.8 Å². The number of H-pyrrole nitrogens is 1. The van der Waals surface area contributed by atoms with Crippen molar-refractivity contribution in [1.29, 1.82) is 0 Å². The zero-order valence-electron chi connectivity index (χ0n) is 8.63. The molecule has 0 fully saturated rings. The van der Waals surface area contributed by atoms with Crippen molar-refractivity contribution >= 4 is 11.8 Å². The maximum Gasteiger partial charge on any atom is 0.339 e. The van der Waals surface area contributed by atoms with Gasteiger partial charge in [0.1, 0.15) is 0 Å². The van der Waals surface area contributed by atoms with E-state index in [1.165, 1.54) is 7.11 Å².